The number of carbonyl (C=O) groups is 1. The van der Waals surface area contributed by atoms with Crippen LogP contribution >= 0.6 is 0 Å². The highest BCUT2D eigenvalue weighted by Crippen LogP contribution is 2.33. The molecule has 0 saturated carbocycles. The van der Waals surface area contributed by atoms with Crippen molar-refractivity contribution in [2.45, 2.75) is 20.4 Å². The Balaban J connectivity index is 2.01. The molecule has 1 amide bonds. The van der Waals surface area contributed by atoms with Gasteiger partial charge in [-0.05, 0) is 61.0 Å². The molecule has 0 bridgehead atoms. The summed E-state index contributed by atoms with van der Waals surface area (Å²) in [4.78, 5) is 12.5. The highest BCUT2D eigenvalue weighted by Gasteiger charge is 2.14. The van der Waals surface area contributed by atoms with Gasteiger partial charge in [0.05, 0.1) is 26.0 Å². The minimum atomic E-state index is -0.482. The zero-order valence-electron chi connectivity index (χ0n) is 16.4. The van der Waals surface area contributed by atoms with Crippen molar-refractivity contribution in [3.63, 3.8) is 0 Å². The fourth-order valence-corrected chi connectivity index (χ4v) is 2.96. The zero-order chi connectivity index (χ0) is 20.6. The normalized spacial score (nSPS) is 11.1. The first-order chi connectivity index (χ1) is 14.2. The molecule has 0 aliphatic heterocycles. The molecule has 148 valence electrons. The molecule has 6 nitrogen and oxygen atoms in total. The SMILES string of the molecule is CCOc1ccc2ccc(OCC)c(/C=C(\C#N)C(=O)NCc3ccco3)c2c1. The predicted octanol–water partition coefficient (Wildman–Crippen LogP) is 4.45. The summed E-state index contributed by atoms with van der Waals surface area (Å²) in [5, 5.41) is 14.1. The zero-order valence-corrected chi connectivity index (χ0v) is 16.4. The summed E-state index contributed by atoms with van der Waals surface area (Å²) in [7, 11) is 0. The van der Waals surface area contributed by atoms with Crippen molar-refractivity contribution in [3.8, 4) is 17.6 Å². The van der Waals surface area contributed by atoms with E-state index in [1.807, 2.05) is 50.2 Å². The van der Waals surface area contributed by atoms with Gasteiger partial charge in [-0.15, -0.1) is 0 Å². The summed E-state index contributed by atoms with van der Waals surface area (Å²) in [5.74, 6) is 1.44. The molecule has 1 N–H and O–H groups in total. The summed E-state index contributed by atoms with van der Waals surface area (Å²) in [5.41, 5.74) is 0.641. The third-order valence-electron chi connectivity index (χ3n) is 4.26. The molecule has 0 radical (unpaired) electrons. The van der Waals surface area contributed by atoms with Crippen LogP contribution in [0, 0.1) is 11.3 Å². The maximum atomic E-state index is 12.5. The first-order valence-corrected chi connectivity index (χ1v) is 9.41. The molecule has 0 fully saturated rings. The van der Waals surface area contributed by atoms with Crippen LogP contribution in [0.15, 0.2) is 58.7 Å². The van der Waals surface area contributed by atoms with Gasteiger partial charge in [0.25, 0.3) is 5.91 Å². The van der Waals surface area contributed by atoms with Gasteiger partial charge in [-0.25, -0.2) is 0 Å². The monoisotopic (exact) mass is 390 g/mol. The lowest BCUT2D eigenvalue weighted by Gasteiger charge is -2.13. The Bertz CT molecular complexity index is 1060. The molecule has 3 aromatic rings. The van der Waals surface area contributed by atoms with Crippen LogP contribution in [0.1, 0.15) is 25.2 Å². The molecule has 1 aromatic heterocycles. The number of furan rings is 1. The second kappa shape index (κ2) is 9.47. The summed E-state index contributed by atoms with van der Waals surface area (Å²) < 4.78 is 16.6. The number of nitrogens with one attached hydrogen (secondary N) is 1. The van der Waals surface area contributed by atoms with Crippen molar-refractivity contribution >= 4 is 22.8 Å². The van der Waals surface area contributed by atoms with Crippen LogP contribution in [0.3, 0.4) is 0 Å². The van der Waals surface area contributed by atoms with E-state index in [0.29, 0.717) is 36.0 Å². The lowest BCUT2D eigenvalue weighted by Crippen LogP contribution is -2.23. The van der Waals surface area contributed by atoms with Crippen molar-refractivity contribution in [2.75, 3.05) is 13.2 Å². The van der Waals surface area contributed by atoms with E-state index < -0.39 is 5.91 Å². The average Bonchev–Trinajstić information content (AvgIpc) is 3.25. The van der Waals surface area contributed by atoms with E-state index in [1.54, 1.807) is 18.2 Å². The Kier molecular flexibility index (Phi) is 6.54. The first kappa shape index (κ1) is 20.0. The van der Waals surface area contributed by atoms with E-state index in [-0.39, 0.29) is 12.1 Å². The second-order valence-electron chi connectivity index (χ2n) is 6.16. The number of carbonyl (C=O) groups excluding carboxylic acids is 1. The Hall–Kier alpha value is -3.72. The van der Waals surface area contributed by atoms with Crippen LogP contribution in [0.4, 0.5) is 0 Å². The fourth-order valence-electron chi connectivity index (χ4n) is 2.96. The van der Waals surface area contributed by atoms with Gasteiger partial charge in [0, 0.05) is 5.56 Å². The van der Waals surface area contributed by atoms with Crippen molar-refractivity contribution in [1.29, 1.82) is 5.26 Å². The van der Waals surface area contributed by atoms with Gasteiger partial charge < -0.3 is 19.2 Å². The maximum absolute atomic E-state index is 12.5. The quantitative estimate of drug-likeness (QED) is 0.454. The molecule has 2 aromatic carbocycles. The molecule has 29 heavy (non-hydrogen) atoms. The number of nitriles is 1. The number of hydrogen-bond acceptors (Lipinski definition) is 5. The Labute approximate surface area is 169 Å². The molecule has 6 heteroatoms. The number of fused-ring (bicyclic) bond motifs is 1. The van der Waals surface area contributed by atoms with E-state index in [4.69, 9.17) is 13.9 Å². The van der Waals surface area contributed by atoms with Crippen LogP contribution < -0.4 is 14.8 Å². The van der Waals surface area contributed by atoms with Gasteiger partial charge >= 0.3 is 0 Å². The van der Waals surface area contributed by atoms with Crippen molar-refractivity contribution in [2.24, 2.45) is 0 Å². The van der Waals surface area contributed by atoms with Crippen LogP contribution in [-0.4, -0.2) is 19.1 Å². The molecule has 0 atom stereocenters. The smallest absolute Gasteiger partial charge is 0.262 e. The third-order valence-corrected chi connectivity index (χ3v) is 4.26. The van der Waals surface area contributed by atoms with Crippen molar-refractivity contribution in [1.82, 2.24) is 5.32 Å². The second-order valence-corrected chi connectivity index (χ2v) is 6.16. The number of ether oxygens (including phenoxy) is 2. The molecule has 3 rings (SSSR count). The number of rotatable bonds is 8. The molecule has 0 aliphatic carbocycles. The Morgan fingerprint density at radius 2 is 1.97 bits per heavy atom. The largest absolute Gasteiger partial charge is 0.494 e. The molecule has 0 spiro atoms. The Morgan fingerprint density at radius 3 is 2.66 bits per heavy atom. The third kappa shape index (κ3) is 4.77. The minimum absolute atomic E-state index is 0.0215. The summed E-state index contributed by atoms with van der Waals surface area (Å²) >= 11 is 0. The molecular formula is C23H22N2O4. The minimum Gasteiger partial charge on any atom is -0.494 e. The molecule has 0 aliphatic rings. The number of hydrogen-bond donors (Lipinski definition) is 1. The predicted molar refractivity (Wildman–Crippen MR) is 110 cm³/mol. The lowest BCUT2D eigenvalue weighted by atomic mass is 10.0. The van der Waals surface area contributed by atoms with Crippen molar-refractivity contribution < 1.29 is 18.7 Å². The highest BCUT2D eigenvalue weighted by atomic mass is 16.5. The molecular weight excluding hydrogens is 368 g/mol. The van der Waals surface area contributed by atoms with Crippen LogP contribution in [0.2, 0.25) is 0 Å². The Morgan fingerprint density at radius 1 is 1.17 bits per heavy atom. The van der Waals surface area contributed by atoms with E-state index in [9.17, 15) is 10.1 Å². The fraction of sp³-hybridized carbons (Fsp3) is 0.217. The first-order valence-electron chi connectivity index (χ1n) is 9.41. The number of benzene rings is 2. The topological polar surface area (TPSA) is 84.5 Å². The van der Waals surface area contributed by atoms with Gasteiger partial charge in [0.15, 0.2) is 0 Å². The van der Waals surface area contributed by atoms with E-state index in [2.05, 4.69) is 5.32 Å². The van der Waals surface area contributed by atoms with Gasteiger partial charge in [0.2, 0.25) is 0 Å². The summed E-state index contributed by atoms with van der Waals surface area (Å²) in [6.45, 7) is 5.01. The average molecular weight is 390 g/mol. The van der Waals surface area contributed by atoms with Crippen LogP contribution in [0.25, 0.3) is 16.8 Å². The number of nitrogens with zero attached hydrogens (tertiary/aromatic N) is 1. The van der Waals surface area contributed by atoms with Gasteiger partial charge in [0.1, 0.15) is 28.9 Å². The molecule has 0 saturated heterocycles. The molecule has 1 heterocycles. The van der Waals surface area contributed by atoms with Gasteiger partial charge in [-0.3, -0.25) is 4.79 Å². The van der Waals surface area contributed by atoms with E-state index in [1.165, 1.54) is 6.26 Å². The number of amides is 1. The maximum Gasteiger partial charge on any atom is 0.262 e. The van der Waals surface area contributed by atoms with E-state index >= 15 is 0 Å². The van der Waals surface area contributed by atoms with Gasteiger partial charge in [-0.1, -0.05) is 12.1 Å². The van der Waals surface area contributed by atoms with Crippen LogP contribution in [-0.2, 0) is 11.3 Å². The van der Waals surface area contributed by atoms with Gasteiger partial charge in [-0.2, -0.15) is 5.26 Å². The standard InChI is InChI=1S/C23H22N2O4/c1-3-27-18-9-7-16-8-10-22(28-4-2)21(20(16)13-18)12-17(14-24)23(26)25-15-19-6-5-11-29-19/h5-13H,3-4,15H2,1-2H3,(H,25,26)/b17-12+. The summed E-state index contributed by atoms with van der Waals surface area (Å²) in [6, 6.07) is 15.0. The van der Waals surface area contributed by atoms with Crippen LogP contribution in [0.5, 0.6) is 11.5 Å². The summed E-state index contributed by atoms with van der Waals surface area (Å²) in [6.07, 6.45) is 3.09. The lowest BCUT2D eigenvalue weighted by molar-refractivity contribution is -0.117. The highest BCUT2D eigenvalue weighted by molar-refractivity contribution is 6.05. The van der Waals surface area contributed by atoms with E-state index in [0.717, 1.165) is 10.8 Å². The molecule has 0 unspecified atom stereocenters. The van der Waals surface area contributed by atoms with Crippen molar-refractivity contribution in [3.05, 3.63) is 65.6 Å².